The highest BCUT2D eigenvalue weighted by Crippen LogP contribution is 2.11. The van der Waals surface area contributed by atoms with E-state index in [0.29, 0.717) is 30.2 Å². The van der Waals surface area contributed by atoms with Gasteiger partial charge in [0, 0.05) is 6.54 Å². The van der Waals surface area contributed by atoms with Crippen LogP contribution >= 0.6 is 0 Å². The van der Waals surface area contributed by atoms with Crippen LogP contribution in [-0.2, 0) is 19.4 Å². The number of nitrogens with one attached hydrogen (secondary N) is 1. The summed E-state index contributed by atoms with van der Waals surface area (Å²) in [7, 11) is -3.28. The van der Waals surface area contributed by atoms with Crippen molar-refractivity contribution in [1.29, 1.82) is 0 Å². The van der Waals surface area contributed by atoms with Crippen molar-refractivity contribution >= 4 is 15.7 Å². The van der Waals surface area contributed by atoms with Gasteiger partial charge in [0.1, 0.15) is 0 Å². The third-order valence-corrected chi connectivity index (χ3v) is 4.95. The van der Waals surface area contributed by atoms with Gasteiger partial charge >= 0.3 is 0 Å². The average molecular weight is 309 g/mol. The largest absolute Gasteiger partial charge is 0.488 e. The number of sulfone groups is 1. The topological polar surface area (TPSA) is 72.5 Å². The van der Waals surface area contributed by atoms with Gasteiger partial charge in [-0.25, -0.2) is 8.42 Å². The lowest BCUT2D eigenvalue weighted by molar-refractivity contribution is -0.121. The SMILES string of the molecule is O=C(NCCCS(=O)(=O)c1ccccc1)C1=CCCCO1. The molecule has 0 aliphatic carbocycles. The quantitative estimate of drug-likeness (QED) is 0.811. The van der Waals surface area contributed by atoms with E-state index in [1.807, 2.05) is 0 Å². The van der Waals surface area contributed by atoms with Gasteiger partial charge in [0.2, 0.25) is 0 Å². The molecule has 0 atom stereocenters. The molecule has 0 aromatic heterocycles. The number of allylic oxidation sites excluding steroid dienone is 1. The number of rotatable bonds is 6. The van der Waals surface area contributed by atoms with Gasteiger partial charge in [-0.15, -0.1) is 0 Å². The van der Waals surface area contributed by atoms with Crippen molar-refractivity contribution in [1.82, 2.24) is 5.32 Å². The van der Waals surface area contributed by atoms with Crippen LogP contribution in [0.5, 0.6) is 0 Å². The van der Waals surface area contributed by atoms with Gasteiger partial charge < -0.3 is 10.1 Å². The molecule has 114 valence electrons. The van der Waals surface area contributed by atoms with Crippen molar-refractivity contribution in [2.24, 2.45) is 0 Å². The number of benzene rings is 1. The van der Waals surface area contributed by atoms with E-state index in [-0.39, 0.29) is 11.7 Å². The van der Waals surface area contributed by atoms with Crippen molar-refractivity contribution in [2.45, 2.75) is 24.2 Å². The maximum atomic E-state index is 12.0. The van der Waals surface area contributed by atoms with Gasteiger partial charge in [-0.2, -0.15) is 0 Å². The second-order valence-corrected chi connectivity index (χ2v) is 6.91. The van der Waals surface area contributed by atoms with Crippen LogP contribution in [0, 0.1) is 0 Å². The molecule has 0 radical (unpaired) electrons. The van der Waals surface area contributed by atoms with Crippen molar-refractivity contribution in [3.63, 3.8) is 0 Å². The molecular formula is C15H19NO4S. The van der Waals surface area contributed by atoms with E-state index in [9.17, 15) is 13.2 Å². The second kappa shape index (κ2) is 7.26. The van der Waals surface area contributed by atoms with Gasteiger partial charge in [-0.05, 0) is 37.5 Å². The Hall–Kier alpha value is -1.82. The fraction of sp³-hybridized carbons (Fsp3) is 0.400. The second-order valence-electron chi connectivity index (χ2n) is 4.80. The summed E-state index contributed by atoms with van der Waals surface area (Å²) in [6.45, 7) is 0.868. The first-order valence-corrected chi connectivity index (χ1v) is 8.64. The summed E-state index contributed by atoms with van der Waals surface area (Å²) in [6.07, 6.45) is 3.90. The summed E-state index contributed by atoms with van der Waals surface area (Å²) < 4.78 is 29.3. The molecule has 1 amide bonds. The van der Waals surface area contributed by atoms with E-state index in [0.717, 1.165) is 12.8 Å². The van der Waals surface area contributed by atoms with Gasteiger partial charge in [-0.3, -0.25) is 4.79 Å². The number of hydrogen-bond acceptors (Lipinski definition) is 4. The Morgan fingerprint density at radius 3 is 2.67 bits per heavy atom. The highest BCUT2D eigenvalue weighted by atomic mass is 32.2. The van der Waals surface area contributed by atoms with Crippen LogP contribution in [0.15, 0.2) is 47.1 Å². The molecule has 1 aromatic carbocycles. The molecule has 1 aliphatic rings. The molecular weight excluding hydrogens is 290 g/mol. The van der Waals surface area contributed by atoms with E-state index in [4.69, 9.17) is 4.74 Å². The third kappa shape index (κ3) is 4.60. The number of amides is 1. The van der Waals surface area contributed by atoms with E-state index >= 15 is 0 Å². The minimum absolute atomic E-state index is 0.0111. The molecule has 0 unspecified atom stereocenters. The number of ether oxygens (including phenoxy) is 1. The first-order chi connectivity index (χ1) is 10.1. The van der Waals surface area contributed by atoms with Crippen LogP contribution in [0.1, 0.15) is 19.3 Å². The van der Waals surface area contributed by atoms with Crippen molar-refractivity contribution in [2.75, 3.05) is 18.9 Å². The molecule has 0 saturated heterocycles. The Kier molecular flexibility index (Phi) is 5.38. The van der Waals surface area contributed by atoms with Crippen molar-refractivity contribution in [3.8, 4) is 0 Å². The number of hydrogen-bond donors (Lipinski definition) is 1. The van der Waals surface area contributed by atoms with Crippen LogP contribution in [0.3, 0.4) is 0 Å². The van der Waals surface area contributed by atoms with Crippen LogP contribution in [-0.4, -0.2) is 33.2 Å². The lowest BCUT2D eigenvalue weighted by atomic mass is 10.2. The smallest absolute Gasteiger partial charge is 0.286 e. The van der Waals surface area contributed by atoms with Crippen LogP contribution in [0.4, 0.5) is 0 Å². The summed E-state index contributed by atoms with van der Waals surface area (Å²) in [5, 5.41) is 2.68. The molecule has 21 heavy (non-hydrogen) atoms. The molecule has 5 nitrogen and oxygen atoms in total. The molecule has 1 heterocycles. The summed E-state index contributed by atoms with van der Waals surface area (Å²) in [6, 6.07) is 8.32. The maximum Gasteiger partial charge on any atom is 0.286 e. The fourth-order valence-electron chi connectivity index (χ4n) is 2.01. The predicted octanol–water partition coefficient (Wildman–Crippen LogP) is 1.66. The zero-order valence-corrected chi connectivity index (χ0v) is 12.6. The van der Waals surface area contributed by atoms with Crippen LogP contribution in [0.2, 0.25) is 0 Å². The summed E-state index contributed by atoms with van der Waals surface area (Å²) in [5.74, 6) is 0.0796. The Balaban J connectivity index is 1.77. The molecule has 0 spiro atoms. The first-order valence-electron chi connectivity index (χ1n) is 6.98. The van der Waals surface area contributed by atoms with E-state index < -0.39 is 9.84 Å². The van der Waals surface area contributed by atoms with Gasteiger partial charge in [0.05, 0.1) is 17.3 Å². The zero-order chi connectivity index (χ0) is 15.1. The predicted molar refractivity (Wildman–Crippen MR) is 79.4 cm³/mol. The minimum Gasteiger partial charge on any atom is -0.488 e. The molecule has 1 aliphatic heterocycles. The standard InChI is InChI=1S/C15H19NO4S/c17-15(14-9-4-5-11-20-14)16-10-6-12-21(18,19)13-7-2-1-3-8-13/h1-3,7-9H,4-6,10-12H2,(H,16,17). The third-order valence-electron chi connectivity index (χ3n) is 3.14. The summed E-state index contributed by atoms with van der Waals surface area (Å²) in [4.78, 5) is 12.1. The molecule has 0 fully saturated rings. The van der Waals surface area contributed by atoms with E-state index in [1.54, 1.807) is 36.4 Å². The lowest BCUT2D eigenvalue weighted by Gasteiger charge is -2.14. The zero-order valence-electron chi connectivity index (χ0n) is 11.7. The van der Waals surface area contributed by atoms with Crippen LogP contribution < -0.4 is 5.32 Å². The van der Waals surface area contributed by atoms with Gasteiger partial charge in [0.15, 0.2) is 15.6 Å². The average Bonchev–Trinajstić information content (AvgIpc) is 2.53. The van der Waals surface area contributed by atoms with Gasteiger partial charge in [-0.1, -0.05) is 18.2 Å². The molecule has 0 bridgehead atoms. The van der Waals surface area contributed by atoms with E-state index in [1.165, 1.54) is 0 Å². The Morgan fingerprint density at radius 1 is 1.24 bits per heavy atom. The normalized spacial score (nSPS) is 15.0. The number of carbonyl (C=O) groups excluding carboxylic acids is 1. The molecule has 2 rings (SSSR count). The summed E-state index contributed by atoms with van der Waals surface area (Å²) >= 11 is 0. The molecule has 6 heteroatoms. The Morgan fingerprint density at radius 2 is 2.00 bits per heavy atom. The summed E-state index contributed by atoms with van der Waals surface area (Å²) in [5.41, 5.74) is 0. The van der Waals surface area contributed by atoms with Gasteiger partial charge in [0.25, 0.3) is 5.91 Å². The molecule has 0 saturated carbocycles. The highest BCUT2D eigenvalue weighted by molar-refractivity contribution is 7.91. The highest BCUT2D eigenvalue weighted by Gasteiger charge is 2.15. The van der Waals surface area contributed by atoms with Crippen LogP contribution in [0.25, 0.3) is 0 Å². The molecule has 1 N–H and O–H groups in total. The first kappa shape index (κ1) is 15.6. The maximum absolute atomic E-state index is 12.0. The van der Waals surface area contributed by atoms with Crippen molar-refractivity contribution < 1.29 is 17.9 Å². The molecule has 1 aromatic rings. The Bertz CT molecular complexity index is 608. The van der Waals surface area contributed by atoms with E-state index in [2.05, 4.69) is 5.32 Å². The lowest BCUT2D eigenvalue weighted by Crippen LogP contribution is -2.29. The fourth-order valence-corrected chi connectivity index (χ4v) is 3.34. The number of carbonyl (C=O) groups is 1. The minimum atomic E-state index is -3.28. The Labute approximate surface area is 124 Å². The van der Waals surface area contributed by atoms with Crippen molar-refractivity contribution in [3.05, 3.63) is 42.2 Å². The monoisotopic (exact) mass is 309 g/mol.